The van der Waals surface area contributed by atoms with Crippen molar-refractivity contribution in [3.63, 3.8) is 0 Å². The minimum absolute atomic E-state index is 0.0591. The fraction of sp³-hybridized carbons (Fsp3) is 0.190. The molecule has 0 aliphatic rings. The molecule has 2 aromatic heterocycles. The SMILES string of the molecule is Cn1cc(CC(=O)Nc2cccc(OCCn3cncn3)c2)c2ccccc21. The second kappa shape index (κ2) is 7.96. The van der Waals surface area contributed by atoms with Crippen molar-refractivity contribution < 1.29 is 9.53 Å². The van der Waals surface area contributed by atoms with E-state index in [9.17, 15) is 4.79 Å². The average Bonchev–Trinajstić information content (AvgIpc) is 3.31. The third kappa shape index (κ3) is 4.03. The first-order valence-electron chi connectivity index (χ1n) is 9.07. The van der Waals surface area contributed by atoms with Gasteiger partial charge in [-0.15, -0.1) is 0 Å². The summed E-state index contributed by atoms with van der Waals surface area (Å²) >= 11 is 0. The molecule has 2 aromatic carbocycles. The minimum atomic E-state index is -0.0591. The predicted octanol–water partition coefficient (Wildman–Crippen LogP) is 3.03. The number of carbonyl (C=O) groups is 1. The monoisotopic (exact) mass is 375 g/mol. The number of nitrogens with one attached hydrogen (secondary N) is 1. The number of para-hydroxylation sites is 1. The summed E-state index contributed by atoms with van der Waals surface area (Å²) in [5.41, 5.74) is 2.84. The maximum atomic E-state index is 12.5. The summed E-state index contributed by atoms with van der Waals surface area (Å²) in [6.07, 6.45) is 5.46. The molecule has 0 saturated carbocycles. The number of ether oxygens (including phenoxy) is 1. The van der Waals surface area contributed by atoms with Crippen LogP contribution < -0.4 is 10.1 Å². The third-order valence-corrected chi connectivity index (χ3v) is 4.50. The number of rotatable bonds is 7. The molecular weight excluding hydrogens is 354 g/mol. The van der Waals surface area contributed by atoms with Gasteiger partial charge in [-0.05, 0) is 23.8 Å². The molecule has 0 bridgehead atoms. The van der Waals surface area contributed by atoms with Gasteiger partial charge in [0.2, 0.25) is 5.91 Å². The van der Waals surface area contributed by atoms with E-state index in [4.69, 9.17) is 4.74 Å². The van der Waals surface area contributed by atoms with Gasteiger partial charge in [-0.2, -0.15) is 5.10 Å². The number of aromatic nitrogens is 4. The van der Waals surface area contributed by atoms with Gasteiger partial charge >= 0.3 is 0 Å². The lowest BCUT2D eigenvalue weighted by Gasteiger charge is -2.09. The Morgan fingerprint density at radius 3 is 2.93 bits per heavy atom. The maximum Gasteiger partial charge on any atom is 0.228 e. The summed E-state index contributed by atoms with van der Waals surface area (Å²) in [5.74, 6) is 0.638. The van der Waals surface area contributed by atoms with Gasteiger partial charge in [-0.3, -0.25) is 4.79 Å². The first-order valence-corrected chi connectivity index (χ1v) is 9.07. The second-order valence-electron chi connectivity index (χ2n) is 6.54. The Kier molecular flexibility index (Phi) is 5.05. The highest BCUT2D eigenvalue weighted by molar-refractivity contribution is 5.96. The van der Waals surface area contributed by atoms with E-state index in [-0.39, 0.29) is 5.91 Å². The fourth-order valence-corrected chi connectivity index (χ4v) is 3.21. The van der Waals surface area contributed by atoms with Crippen molar-refractivity contribution in [1.82, 2.24) is 19.3 Å². The zero-order chi connectivity index (χ0) is 19.3. The fourth-order valence-electron chi connectivity index (χ4n) is 3.21. The van der Waals surface area contributed by atoms with E-state index in [1.54, 1.807) is 11.0 Å². The summed E-state index contributed by atoms with van der Waals surface area (Å²) in [4.78, 5) is 16.4. The standard InChI is InChI=1S/C21H21N5O2/c1-25-13-16(19-7-2-3-8-20(19)25)11-21(27)24-17-5-4-6-18(12-17)28-10-9-26-15-22-14-23-26/h2-8,12-15H,9-11H2,1H3,(H,24,27). The Labute approximate surface area is 162 Å². The Balaban J connectivity index is 1.37. The number of aryl methyl sites for hydroxylation is 1. The third-order valence-electron chi connectivity index (χ3n) is 4.50. The molecule has 0 radical (unpaired) electrons. The lowest BCUT2D eigenvalue weighted by Crippen LogP contribution is -2.14. The lowest BCUT2D eigenvalue weighted by atomic mass is 10.1. The Morgan fingerprint density at radius 2 is 2.07 bits per heavy atom. The normalized spacial score (nSPS) is 10.9. The summed E-state index contributed by atoms with van der Waals surface area (Å²) in [6, 6.07) is 15.5. The van der Waals surface area contributed by atoms with Crippen LogP contribution >= 0.6 is 0 Å². The number of fused-ring (bicyclic) bond motifs is 1. The Morgan fingerprint density at radius 1 is 1.18 bits per heavy atom. The van der Waals surface area contributed by atoms with Crippen LogP contribution in [0.2, 0.25) is 0 Å². The number of amides is 1. The molecule has 0 spiro atoms. The van der Waals surface area contributed by atoms with Crippen LogP contribution in [0.1, 0.15) is 5.56 Å². The van der Waals surface area contributed by atoms with Crippen LogP contribution in [0.3, 0.4) is 0 Å². The van der Waals surface area contributed by atoms with Gasteiger partial charge in [0.25, 0.3) is 0 Å². The highest BCUT2D eigenvalue weighted by Gasteiger charge is 2.11. The topological polar surface area (TPSA) is 74.0 Å². The van der Waals surface area contributed by atoms with E-state index in [1.807, 2.05) is 60.3 Å². The quantitative estimate of drug-likeness (QED) is 0.539. The highest BCUT2D eigenvalue weighted by Crippen LogP contribution is 2.22. The zero-order valence-corrected chi connectivity index (χ0v) is 15.6. The van der Waals surface area contributed by atoms with Gasteiger partial charge in [0.1, 0.15) is 25.0 Å². The van der Waals surface area contributed by atoms with Crippen molar-refractivity contribution in [3.05, 3.63) is 72.9 Å². The molecule has 7 heteroatoms. The smallest absolute Gasteiger partial charge is 0.228 e. The van der Waals surface area contributed by atoms with Crippen molar-refractivity contribution in [3.8, 4) is 5.75 Å². The molecule has 142 valence electrons. The van der Waals surface area contributed by atoms with Gasteiger partial charge in [0.05, 0.1) is 13.0 Å². The van der Waals surface area contributed by atoms with Gasteiger partial charge in [0, 0.05) is 35.9 Å². The number of benzene rings is 2. The number of hydrogen-bond acceptors (Lipinski definition) is 4. The summed E-state index contributed by atoms with van der Waals surface area (Å²) < 4.78 is 9.48. The number of anilines is 1. The summed E-state index contributed by atoms with van der Waals surface area (Å²) in [7, 11) is 1.99. The van der Waals surface area contributed by atoms with Gasteiger partial charge in [-0.1, -0.05) is 24.3 Å². The molecule has 0 saturated heterocycles. The van der Waals surface area contributed by atoms with E-state index in [1.165, 1.54) is 6.33 Å². The van der Waals surface area contributed by atoms with E-state index >= 15 is 0 Å². The average molecular weight is 375 g/mol. The molecule has 4 aromatic rings. The second-order valence-corrected chi connectivity index (χ2v) is 6.54. The summed E-state index contributed by atoms with van der Waals surface area (Å²) in [5, 5.41) is 8.09. The van der Waals surface area contributed by atoms with E-state index < -0.39 is 0 Å². The van der Waals surface area contributed by atoms with E-state index in [2.05, 4.69) is 21.5 Å². The van der Waals surface area contributed by atoms with Crippen molar-refractivity contribution >= 4 is 22.5 Å². The molecule has 0 aliphatic carbocycles. The molecule has 4 rings (SSSR count). The number of nitrogens with zero attached hydrogens (tertiary/aromatic N) is 4. The molecule has 7 nitrogen and oxygen atoms in total. The van der Waals surface area contributed by atoms with Crippen LogP contribution in [-0.2, 0) is 24.8 Å². The molecule has 28 heavy (non-hydrogen) atoms. The molecule has 2 heterocycles. The molecule has 0 unspecified atom stereocenters. The first kappa shape index (κ1) is 17.8. The van der Waals surface area contributed by atoms with Crippen molar-refractivity contribution in [2.45, 2.75) is 13.0 Å². The molecule has 1 amide bonds. The molecular formula is C21H21N5O2. The van der Waals surface area contributed by atoms with Crippen LogP contribution in [0, 0.1) is 0 Å². The highest BCUT2D eigenvalue weighted by atomic mass is 16.5. The van der Waals surface area contributed by atoms with Crippen LogP contribution in [0.5, 0.6) is 5.75 Å². The van der Waals surface area contributed by atoms with E-state index in [0.29, 0.717) is 31.0 Å². The predicted molar refractivity (Wildman–Crippen MR) is 107 cm³/mol. The molecule has 0 aliphatic heterocycles. The Hall–Kier alpha value is -3.61. The Bertz CT molecular complexity index is 1090. The molecule has 0 fully saturated rings. The largest absolute Gasteiger partial charge is 0.492 e. The van der Waals surface area contributed by atoms with Crippen LogP contribution in [0.25, 0.3) is 10.9 Å². The van der Waals surface area contributed by atoms with Crippen LogP contribution in [0.4, 0.5) is 5.69 Å². The van der Waals surface area contributed by atoms with Gasteiger partial charge in [0.15, 0.2) is 0 Å². The minimum Gasteiger partial charge on any atom is -0.492 e. The van der Waals surface area contributed by atoms with E-state index in [0.717, 1.165) is 16.5 Å². The molecule has 0 atom stereocenters. The van der Waals surface area contributed by atoms with Crippen molar-refractivity contribution in [1.29, 1.82) is 0 Å². The van der Waals surface area contributed by atoms with Crippen molar-refractivity contribution in [2.75, 3.05) is 11.9 Å². The van der Waals surface area contributed by atoms with Gasteiger partial charge < -0.3 is 14.6 Å². The molecule has 1 N–H and O–H groups in total. The number of carbonyl (C=O) groups excluding carboxylic acids is 1. The zero-order valence-electron chi connectivity index (χ0n) is 15.6. The van der Waals surface area contributed by atoms with Crippen LogP contribution in [-0.4, -0.2) is 31.8 Å². The lowest BCUT2D eigenvalue weighted by molar-refractivity contribution is -0.115. The summed E-state index contributed by atoms with van der Waals surface area (Å²) in [6.45, 7) is 1.08. The van der Waals surface area contributed by atoms with Gasteiger partial charge in [-0.25, -0.2) is 9.67 Å². The number of hydrogen-bond donors (Lipinski definition) is 1. The van der Waals surface area contributed by atoms with Crippen molar-refractivity contribution in [2.24, 2.45) is 7.05 Å². The first-order chi connectivity index (χ1) is 13.7. The maximum absolute atomic E-state index is 12.5. The van der Waals surface area contributed by atoms with Crippen LogP contribution in [0.15, 0.2) is 67.4 Å².